The van der Waals surface area contributed by atoms with Crippen LogP contribution in [0.2, 0.25) is 0 Å². The monoisotopic (exact) mass is 618 g/mol. The van der Waals surface area contributed by atoms with E-state index in [4.69, 9.17) is 4.74 Å². The van der Waals surface area contributed by atoms with E-state index >= 15 is 0 Å². The van der Waals surface area contributed by atoms with E-state index in [2.05, 4.69) is 15.9 Å². The van der Waals surface area contributed by atoms with Gasteiger partial charge in [-0.1, -0.05) is 70.5 Å². The van der Waals surface area contributed by atoms with Crippen molar-refractivity contribution in [2.75, 3.05) is 24.6 Å². The minimum Gasteiger partial charge on any atom is -0.494 e. The largest absolute Gasteiger partial charge is 0.494 e. The molecule has 1 heterocycles. The quantitative estimate of drug-likeness (QED) is 0.168. The van der Waals surface area contributed by atoms with Gasteiger partial charge in [-0.2, -0.15) is 0 Å². The van der Waals surface area contributed by atoms with Gasteiger partial charge in [0.05, 0.1) is 6.61 Å². The summed E-state index contributed by atoms with van der Waals surface area (Å²) in [5.74, 6) is -0.307. The number of imide groups is 1. The third-order valence-electron chi connectivity index (χ3n) is 7.43. The zero-order valence-corrected chi connectivity index (χ0v) is 24.5. The Morgan fingerprint density at radius 3 is 2.12 bits per heavy atom. The first-order chi connectivity index (χ1) is 20.5. The molecular formula is C35H27BrN2O4. The van der Waals surface area contributed by atoms with Crippen molar-refractivity contribution >= 4 is 50.1 Å². The maximum atomic E-state index is 13.9. The molecule has 0 aliphatic carbocycles. The van der Waals surface area contributed by atoms with Crippen LogP contribution in [-0.2, 0) is 0 Å². The number of amides is 3. The number of carbonyl (C=O) groups excluding carboxylic acids is 3. The number of rotatable bonds is 8. The van der Waals surface area contributed by atoms with Gasteiger partial charge in [0.15, 0.2) is 0 Å². The van der Waals surface area contributed by atoms with E-state index in [9.17, 15) is 14.4 Å². The zero-order chi connectivity index (χ0) is 29.2. The second-order valence-corrected chi connectivity index (χ2v) is 10.8. The van der Waals surface area contributed by atoms with Crippen molar-refractivity contribution in [3.05, 3.63) is 130 Å². The van der Waals surface area contributed by atoms with Crippen LogP contribution in [0.1, 0.15) is 38.0 Å². The van der Waals surface area contributed by atoms with Gasteiger partial charge in [0.25, 0.3) is 17.7 Å². The molecule has 0 atom stereocenters. The molecule has 0 saturated carbocycles. The molecule has 5 aromatic rings. The summed E-state index contributed by atoms with van der Waals surface area (Å²) >= 11 is 3.53. The molecule has 42 heavy (non-hydrogen) atoms. The standard InChI is InChI=1S/C35H27BrN2O4/c1-2-42-27-17-13-25(14-18-27)33(39)37(26-15-11-24(12-16-26)23-7-4-3-5-8-23)21-22-38-34(40)29-10-6-9-28-31(36)20-19-30(32(28)29)35(38)41/h3-20H,2,21-22H2,1H3. The van der Waals surface area contributed by atoms with E-state index < -0.39 is 0 Å². The van der Waals surface area contributed by atoms with Gasteiger partial charge in [0.2, 0.25) is 0 Å². The van der Waals surface area contributed by atoms with Gasteiger partial charge in [0, 0.05) is 45.3 Å². The minimum absolute atomic E-state index is 0.0345. The van der Waals surface area contributed by atoms with Gasteiger partial charge in [-0.25, -0.2) is 0 Å². The Morgan fingerprint density at radius 2 is 1.43 bits per heavy atom. The fourth-order valence-corrected chi connectivity index (χ4v) is 5.80. The molecule has 5 aromatic carbocycles. The van der Waals surface area contributed by atoms with Gasteiger partial charge in [0.1, 0.15) is 5.75 Å². The Kier molecular flexibility index (Phi) is 7.59. The number of hydrogen-bond acceptors (Lipinski definition) is 4. The molecule has 6 rings (SSSR count). The van der Waals surface area contributed by atoms with E-state index in [1.165, 1.54) is 4.90 Å². The normalized spacial score (nSPS) is 12.5. The van der Waals surface area contributed by atoms with Crippen LogP contribution in [0.25, 0.3) is 21.9 Å². The van der Waals surface area contributed by atoms with E-state index in [1.54, 1.807) is 41.3 Å². The molecule has 1 aliphatic rings. The molecule has 0 radical (unpaired) electrons. The van der Waals surface area contributed by atoms with Crippen LogP contribution < -0.4 is 9.64 Å². The zero-order valence-electron chi connectivity index (χ0n) is 22.9. The first-order valence-corrected chi connectivity index (χ1v) is 14.5. The highest BCUT2D eigenvalue weighted by molar-refractivity contribution is 9.10. The van der Waals surface area contributed by atoms with E-state index in [0.29, 0.717) is 40.1 Å². The lowest BCUT2D eigenvalue weighted by Gasteiger charge is -2.30. The highest BCUT2D eigenvalue weighted by Gasteiger charge is 2.34. The van der Waals surface area contributed by atoms with Gasteiger partial charge < -0.3 is 9.64 Å². The summed E-state index contributed by atoms with van der Waals surface area (Å²) in [6.07, 6.45) is 0. The molecule has 1 aliphatic heterocycles. The van der Waals surface area contributed by atoms with Crippen molar-refractivity contribution in [1.29, 1.82) is 0 Å². The minimum atomic E-state index is -0.371. The van der Waals surface area contributed by atoms with Gasteiger partial charge in [-0.15, -0.1) is 0 Å². The smallest absolute Gasteiger partial charge is 0.261 e. The van der Waals surface area contributed by atoms with Gasteiger partial charge >= 0.3 is 0 Å². The van der Waals surface area contributed by atoms with Crippen molar-refractivity contribution in [3.63, 3.8) is 0 Å². The Balaban J connectivity index is 1.32. The van der Waals surface area contributed by atoms with Crippen LogP contribution >= 0.6 is 15.9 Å². The molecule has 0 bridgehead atoms. The maximum absolute atomic E-state index is 13.9. The molecule has 7 heteroatoms. The predicted octanol–water partition coefficient (Wildman–Crippen LogP) is 7.61. The summed E-state index contributed by atoms with van der Waals surface area (Å²) in [5, 5.41) is 1.47. The van der Waals surface area contributed by atoms with E-state index in [-0.39, 0.29) is 30.8 Å². The van der Waals surface area contributed by atoms with Crippen LogP contribution in [0.3, 0.4) is 0 Å². The number of carbonyl (C=O) groups is 3. The Bertz CT molecular complexity index is 1780. The number of anilines is 1. The Hall–Kier alpha value is -4.75. The number of nitrogens with zero attached hydrogens (tertiary/aromatic N) is 2. The molecule has 3 amide bonds. The summed E-state index contributed by atoms with van der Waals surface area (Å²) in [7, 11) is 0. The van der Waals surface area contributed by atoms with Crippen molar-refractivity contribution in [3.8, 4) is 16.9 Å². The fourth-order valence-electron chi connectivity index (χ4n) is 5.34. The molecule has 0 saturated heterocycles. The molecule has 0 N–H and O–H groups in total. The number of ether oxygens (including phenoxy) is 1. The Morgan fingerprint density at radius 1 is 0.762 bits per heavy atom. The third-order valence-corrected chi connectivity index (χ3v) is 8.12. The summed E-state index contributed by atoms with van der Waals surface area (Å²) in [5.41, 5.74) is 4.17. The van der Waals surface area contributed by atoms with Gasteiger partial charge in [-0.05, 0) is 78.0 Å². The molecular weight excluding hydrogens is 592 g/mol. The summed E-state index contributed by atoms with van der Waals surface area (Å²) < 4.78 is 6.36. The number of hydrogen-bond donors (Lipinski definition) is 0. The second kappa shape index (κ2) is 11.6. The first kappa shape index (κ1) is 27.4. The third kappa shape index (κ3) is 5.08. The lowest BCUT2D eigenvalue weighted by molar-refractivity contribution is 0.0611. The lowest BCUT2D eigenvalue weighted by Crippen LogP contribution is -2.46. The molecule has 0 aromatic heterocycles. The topological polar surface area (TPSA) is 66.9 Å². The average molecular weight is 620 g/mol. The SMILES string of the molecule is CCOc1ccc(C(=O)N(CCN2C(=O)c3cccc4c(Br)ccc(c34)C2=O)c2ccc(-c3ccccc3)cc2)cc1. The van der Waals surface area contributed by atoms with Crippen molar-refractivity contribution in [1.82, 2.24) is 4.90 Å². The lowest BCUT2D eigenvalue weighted by atomic mass is 9.94. The summed E-state index contributed by atoms with van der Waals surface area (Å²) in [6, 6.07) is 33.7. The maximum Gasteiger partial charge on any atom is 0.261 e. The van der Waals surface area contributed by atoms with Crippen molar-refractivity contribution < 1.29 is 19.1 Å². The number of benzene rings is 5. The van der Waals surface area contributed by atoms with Crippen molar-refractivity contribution in [2.45, 2.75) is 6.92 Å². The molecule has 6 nitrogen and oxygen atoms in total. The van der Waals surface area contributed by atoms with Crippen LogP contribution in [0.4, 0.5) is 5.69 Å². The fraction of sp³-hybridized carbons (Fsp3) is 0.114. The summed E-state index contributed by atoms with van der Waals surface area (Å²) in [6.45, 7) is 2.59. The van der Waals surface area contributed by atoms with E-state index in [0.717, 1.165) is 21.0 Å². The number of halogens is 1. The van der Waals surface area contributed by atoms with E-state index in [1.807, 2.05) is 79.7 Å². The molecule has 0 fully saturated rings. The van der Waals surface area contributed by atoms with Crippen LogP contribution in [0.5, 0.6) is 5.75 Å². The molecule has 0 unspecified atom stereocenters. The van der Waals surface area contributed by atoms with Gasteiger partial charge in [-0.3, -0.25) is 19.3 Å². The average Bonchev–Trinajstić information content (AvgIpc) is 3.03. The first-order valence-electron chi connectivity index (χ1n) is 13.7. The van der Waals surface area contributed by atoms with Crippen molar-refractivity contribution in [2.24, 2.45) is 0 Å². The summed E-state index contributed by atoms with van der Waals surface area (Å²) in [4.78, 5) is 43.9. The van der Waals surface area contributed by atoms with Crippen LogP contribution in [0, 0.1) is 0 Å². The van der Waals surface area contributed by atoms with Crippen LogP contribution in [-0.4, -0.2) is 42.3 Å². The van der Waals surface area contributed by atoms with Crippen LogP contribution in [0.15, 0.2) is 114 Å². The highest BCUT2D eigenvalue weighted by Crippen LogP contribution is 2.34. The second-order valence-electron chi connectivity index (χ2n) is 9.91. The predicted molar refractivity (Wildman–Crippen MR) is 168 cm³/mol. The molecule has 208 valence electrons. The Labute approximate surface area is 252 Å². The molecule has 0 spiro atoms. The highest BCUT2D eigenvalue weighted by atomic mass is 79.9.